The molecule has 0 heterocycles. The van der Waals surface area contributed by atoms with Crippen LogP contribution in [0.15, 0.2) is 66.2 Å². The first kappa shape index (κ1) is 23.9. The van der Waals surface area contributed by atoms with Crippen LogP contribution in [0.25, 0.3) is 6.08 Å². The van der Waals surface area contributed by atoms with Crippen molar-refractivity contribution in [3.05, 3.63) is 93.0 Å². The van der Waals surface area contributed by atoms with Crippen molar-refractivity contribution >= 4 is 46.8 Å². The summed E-state index contributed by atoms with van der Waals surface area (Å²) < 4.78 is 10.4. The molecule has 0 unspecified atom stereocenters. The molecule has 0 aliphatic heterocycles. The lowest BCUT2D eigenvalue weighted by Gasteiger charge is -2.10. The largest absolute Gasteiger partial charge is 0.497 e. The number of ether oxygens (including phenoxy) is 2. The molecule has 0 aliphatic rings. The molecule has 0 bridgehead atoms. The molecule has 1 N–H and O–H groups in total. The smallest absolute Gasteiger partial charge is 0.343 e. The zero-order valence-corrected chi connectivity index (χ0v) is 19.2. The van der Waals surface area contributed by atoms with Crippen LogP contribution in [0.5, 0.6) is 11.5 Å². The Morgan fingerprint density at radius 3 is 2.36 bits per heavy atom. The highest BCUT2D eigenvalue weighted by atomic mass is 35.5. The van der Waals surface area contributed by atoms with Crippen molar-refractivity contribution in [3.8, 4) is 17.6 Å². The minimum atomic E-state index is -0.611. The highest BCUT2D eigenvalue weighted by molar-refractivity contribution is 6.34. The number of carbonyl (C=O) groups excluding carboxylic acids is 2. The Hall–Kier alpha value is -3.79. The lowest BCUT2D eigenvalue weighted by molar-refractivity contribution is -0.112. The summed E-state index contributed by atoms with van der Waals surface area (Å²) >= 11 is 12.4. The van der Waals surface area contributed by atoms with E-state index in [-0.39, 0.29) is 16.3 Å². The predicted octanol–water partition coefficient (Wildman–Crippen LogP) is 6.08. The molecule has 8 heteroatoms. The van der Waals surface area contributed by atoms with Gasteiger partial charge in [0.05, 0.1) is 28.4 Å². The van der Waals surface area contributed by atoms with E-state index in [1.807, 2.05) is 6.07 Å². The molecular formula is C25H18Cl2N2O4. The van der Waals surface area contributed by atoms with Crippen molar-refractivity contribution in [1.82, 2.24) is 0 Å². The van der Waals surface area contributed by atoms with Crippen molar-refractivity contribution in [2.45, 2.75) is 6.92 Å². The molecule has 33 heavy (non-hydrogen) atoms. The van der Waals surface area contributed by atoms with Gasteiger partial charge in [-0.25, -0.2) is 4.79 Å². The highest BCUT2D eigenvalue weighted by Gasteiger charge is 2.15. The van der Waals surface area contributed by atoms with Crippen LogP contribution in [0.1, 0.15) is 21.5 Å². The molecule has 0 atom stereocenters. The van der Waals surface area contributed by atoms with Crippen molar-refractivity contribution in [2.75, 3.05) is 12.4 Å². The molecule has 3 aromatic rings. The molecule has 166 valence electrons. The van der Waals surface area contributed by atoms with Gasteiger partial charge in [0.15, 0.2) is 0 Å². The van der Waals surface area contributed by atoms with Gasteiger partial charge in [0.2, 0.25) is 0 Å². The number of methoxy groups -OCH3 is 1. The van der Waals surface area contributed by atoms with E-state index < -0.39 is 11.9 Å². The second kappa shape index (κ2) is 10.7. The summed E-state index contributed by atoms with van der Waals surface area (Å²) in [6.07, 6.45) is 1.38. The first-order chi connectivity index (χ1) is 15.8. The van der Waals surface area contributed by atoms with Crippen molar-refractivity contribution in [3.63, 3.8) is 0 Å². The molecule has 0 aromatic heterocycles. The Morgan fingerprint density at radius 1 is 1.03 bits per heavy atom. The van der Waals surface area contributed by atoms with Crippen LogP contribution in [0, 0.1) is 18.3 Å². The zero-order valence-electron chi connectivity index (χ0n) is 17.7. The molecule has 0 saturated heterocycles. The van der Waals surface area contributed by atoms with Gasteiger partial charge in [0.25, 0.3) is 5.91 Å². The van der Waals surface area contributed by atoms with Gasteiger partial charge < -0.3 is 14.8 Å². The summed E-state index contributed by atoms with van der Waals surface area (Å²) in [5.74, 6) is -0.443. The number of benzene rings is 3. The van der Waals surface area contributed by atoms with E-state index in [0.717, 1.165) is 5.56 Å². The molecule has 0 radical (unpaired) electrons. The Bertz CT molecular complexity index is 1260. The Morgan fingerprint density at radius 2 is 1.76 bits per heavy atom. The number of anilines is 1. The topological polar surface area (TPSA) is 88.4 Å². The van der Waals surface area contributed by atoms with E-state index in [0.29, 0.717) is 27.6 Å². The van der Waals surface area contributed by atoms with Gasteiger partial charge in [-0.1, -0.05) is 41.4 Å². The average molecular weight is 481 g/mol. The molecule has 1 amide bonds. The molecule has 6 nitrogen and oxygen atoms in total. The number of para-hydroxylation sites is 1. The normalized spacial score (nSPS) is 10.8. The maximum absolute atomic E-state index is 12.6. The van der Waals surface area contributed by atoms with Gasteiger partial charge >= 0.3 is 5.97 Å². The van der Waals surface area contributed by atoms with E-state index in [4.69, 9.17) is 32.7 Å². The van der Waals surface area contributed by atoms with Crippen molar-refractivity contribution in [2.24, 2.45) is 0 Å². The third-order valence-corrected chi connectivity index (χ3v) is 5.23. The fourth-order valence-electron chi connectivity index (χ4n) is 2.86. The number of amides is 1. The second-order valence-corrected chi connectivity index (χ2v) is 7.68. The summed E-state index contributed by atoms with van der Waals surface area (Å²) in [7, 11) is 1.53. The first-order valence-electron chi connectivity index (χ1n) is 9.66. The molecular weight excluding hydrogens is 463 g/mol. The van der Waals surface area contributed by atoms with Gasteiger partial charge in [-0.3, -0.25) is 4.79 Å². The first-order valence-corrected chi connectivity index (χ1v) is 10.4. The monoisotopic (exact) mass is 480 g/mol. The number of rotatable bonds is 6. The summed E-state index contributed by atoms with van der Waals surface area (Å²) in [6.45, 7) is 1.79. The van der Waals surface area contributed by atoms with Crippen LogP contribution in [0.3, 0.4) is 0 Å². The van der Waals surface area contributed by atoms with Crippen molar-refractivity contribution < 1.29 is 19.1 Å². The van der Waals surface area contributed by atoms with Crippen LogP contribution in [0.4, 0.5) is 5.69 Å². The molecule has 3 rings (SSSR count). The van der Waals surface area contributed by atoms with Gasteiger partial charge in [-0.05, 0) is 66.6 Å². The summed E-state index contributed by atoms with van der Waals surface area (Å²) in [5, 5.41) is 12.6. The van der Waals surface area contributed by atoms with Gasteiger partial charge in [0.1, 0.15) is 23.1 Å². The average Bonchev–Trinajstić information content (AvgIpc) is 2.81. The molecule has 0 saturated carbocycles. The Labute approximate surface area is 201 Å². The fourth-order valence-corrected chi connectivity index (χ4v) is 3.36. The number of hydrogen-bond acceptors (Lipinski definition) is 5. The number of nitrogens with zero attached hydrogens (tertiary/aromatic N) is 1. The lowest BCUT2D eigenvalue weighted by atomic mass is 10.1. The molecule has 3 aromatic carbocycles. The van der Waals surface area contributed by atoms with E-state index in [2.05, 4.69) is 5.32 Å². The Kier molecular flexibility index (Phi) is 7.73. The molecule has 0 spiro atoms. The second-order valence-electron chi connectivity index (χ2n) is 6.86. The van der Waals surface area contributed by atoms with Gasteiger partial charge in [-0.2, -0.15) is 5.26 Å². The fraction of sp³-hybridized carbons (Fsp3) is 0.0800. The van der Waals surface area contributed by atoms with Gasteiger partial charge in [0, 0.05) is 0 Å². The van der Waals surface area contributed by atoms with E-state index in [9.17, 15) is 14.9 Å². The van der Waals surface area contributed by atoms with E-state index in [1.54, 1.807) is 55.5 Å². The number of halogens is 2. The quantitative estimate of drug-likeness (QED) is 0.200. The van der Waals surface area contributed by atoms with Crippen LogP contribution >= 0.6 is 23.2 Å². The van der Waals surface area contributed by atoms with Crippen molar-refractivity contribution in [1.29, 1.82) is 5.26 Å². The number of nitrogens with one attached hydrogen (secondary N) is 1. The number of hydrogen-bond donors (Lipinski definition) is 1. The summed E-state index contributed by atoms with van der Waals surface area (Å²) in [4.78, 5) is 24.9. The summed E-state index contributed by atoms with van der Waals surface area (Å²) in [5.41, 5.74) is 1.86. The van der Waals surface area contributed by atoms with E-state index in [1.165, 1.54) is 25.3 Å². The SMILES string of the molecule is COc1ccc(C(=O)Oc2ccc(/C=C(\C#N)C(=O)Nc3c(C)cccc3Cl)cc2Cl)cc1. The number of esters is 1. The van der Waals surface area contributed by atoms with Gasteiger partial charge in [-0.15, -0.1) is 0 Å². The third kappa shape index (κ3) is 5.92. The number of nitriles is 1. The van der Waals surface area contributed by atoms with E-state index >= 15 is 0 Å². The molecule has 0 fully saturated rings. The van der Waals surface area contributed by atoms with Crippen LogP contribution in [-0.2, 0) is 4.79 Å². The predicted molar refractivity (Wildman–Crippen MR) is 128 cm³/mol. The standard InChI is InChI=1S/C25H18Cl2N2O4/c1-15-4-3-5-20(26)23(15)29-24(30)18(14-28)12-16-6-11-22(21(27)13-16)33-25(31)17-7-9-19(32-2)10-8-17/h3-13H,1-2H3,(H,29,30)/b18-12+. The third-order valence-electron chi connectivity index (χ3n) is 4.62. The molecule has 0 aliphatic carbocycles. The number of aryl methyl sites for hydroxylation is 1. The number of carbonyl (C=O) groups is 2. The maximum Gasteiger partial charge on any atom is 0.343 e. The maximum atomic E-state index is 12.6. The minimum Gasteiger partial charge on any atom is -0.497 e. The van der Waals surface area contributed by atoms with Crippen LogP contribution in [0.2, 0.25) is 10.0 Å². The highest BCUT2D eigenvalue weighted by Crippen LogP contribution is 2.29. The Balaban J connectivity index is 1.76. The van der Waals surface area contributed by atoms with Crippen LogP contribution < -0.4 is 14.8 Å². The zero-order chi connectivity index (χ0) is 24.0. The lowest BCUT2D eigenvalue weighted by Crippen LogP contribution is -2.14. The summed E-state index contributed by atoms with van der Waals surface area (Å²) in [6, 6.07) is 18.1. The minimum absolute atomic E-state index is 0.143. The van der Waals surface area contributed by atoms with Crippen LogP contribution in [-0.4, -0.2) is 19.0 Å².